The van der Waals surface area contributed by atoms with Crippen LogP contribution in [0.3, 0.4) is 0 Å². The first-order valence-electron chi connectivity index (χ1n) is 8.25. The van der Waals surface area contributed by atoms with Crippen LogP contribution in [0.5, 0.6) is 0 Å². The molecule has 0 bridgehead atoms. The van der Waals surface area contributed by atoms with Crippen molar-refractivity contribution in [2.75, 3.05) is 18.1 Å². The standard InChI is InChI=1S/C18H22N2O3S/c1-2-9-20(17-8-12-24(22,23)14-17)18(21)15-6-5-7-16(13-15)19-10-3-4-11-19/h3-7,10-11,13,17H,2,8-9,12,14H2,1H3/t17-/m0/s1. The average molecular weight is 346 g/mol. The zero-order valence-electron chi connectivity index (χ0n) is 13.8. The highest BCUT2D eigenvalue weighted by atomic mass is 32.2. The van der Waals surface area contributed by atoms with Crippen molar-refractivity contribution >= 4 is 15.7 Å². The summed E-state index contributed by atoms with van der Waals surface area (Å²) in [5.74, 6) is 0.165. The highest BCUT2D eigenvalue weighted by Crippen LogP contribution is 2.21. The number of carbonyl (C=O) groups is 1. The molecular weight excluding hydrogens is 324 g/mol. The minimum absolute atomic E-state index is 0.0794. The third-order valence-corrected chi connectivity index (χ3v) is 6.12. The lowest BCUT2D eigenvalue weighted by Crippen LogP contribution is -2.41. The van der Waals surface area contributed by atoms with Gasteiger partial charge >= 0.3 is 0 Å². The maximum Gasteiger partial charge on any atom is 0.254 e. The van der Waals surface area contributed by atoms with Crippen molar-refractivity contribution in [1.82, 2.24) is 9.47 Å². The molecular formula is C18H22N2O3S. The fourth-order valence-electron chi connectivity index (χ4n) is 3.18. The zero-order valence-corrected chi connectivity index (χ0v) is 14.6. The highest BCUT2D eigenvalue weighted by Gasteiger charge is 2.34. The SMILES string of the molecule is CCCN(C(=O)c1cccc(-n2cccc2)c1)[C@H]1CCS(=O)(=O)C1. The van der Waals surface area contributed by atoms with Crippen molar-refractivity contribution in [1.29, 1.82) is 0 Å². The molecule has 1 fully saturated rings. The Balaban J connectivity index is 1.87. The first-order chi connectivity index (χ1) is 11.5. The van der Waals surface area contributed by atoms with E-state index in [1.54, 1.807) is 11.0 Å². The summed E-state index contributed by atoms with van der Waals surface area (Å²) in [6.07, 6.45) is 5.19. The summed E-state index contributed by atoms with van der Waals surface area (Å²) < 4.78 is 25.5. The molecule has 0 N–H and O–H groups in total. The Hall–Kier alpha value is -2.08. The fraction of sp³-hybridized carbons (Fsp3) is 0.389. The van der Waals surface area contributed by atoms with Crippen molar-refractivity contribution in [3.8, 4) is 5.69 Å². The molecule has 1 amide bonds. The second-order valence-corrected chi connectivity index (χ2v) is 8.42. The lowest BCUT2D eigenvalue weighted by Gasteiger charge is -2.28. The summed E-state index contributed by atoms with van der Waals surface area (Å²) >= 11 is 0. The van der Waals surface area contributed by atoms with Gasteiger partial charge in [0.2, 0.25) is 0 Å². The number of aromatic nitrogens is 1. The van der Waals surface area contributed by atoms with Crippen LogP contribution in [-0.2, 0) is 9.84 Å². The number of nitrogens with zero attached hydrogens (tertiary/aromatic N) is 2. The highest BCUT2D eigenvalue weighted by molar-refractivity contribution is 7.91. The van der Waals surface area contributed by atoms with Gasteiger partial charge in [-0.15, -0.1) is 0 Å². The molecule has 1 aromatic carbocycles. The molecule has 1 aliphatic heterocycles. The fourth-order valence-corrected chi connectivity index (χ4v) is 4.91. The van der Waals surface area contributed by atoms with Crippen LogP contribution >= 0.6 is 0 Å². The number of rotatable bonds is 5. The van der Waals surface area contributed by atoms with Gasteiger partial charge in [-0.25, -0.2) is 8.42 Å². The van der Waals surface area contributed by atoms with Gasteiger partial charge < -0.3 is 9.47 Å². The van der Waals surface area contributed by atoms with E-state index in [0.29, 0.717) is 18.5 Å². The number of hydrogen-bond donors (Lipinski definition) is 0. The maximum absolute atomic E-state index is 13.0. The summed E-state index contributed by atoms with van der Waals surface area (Å²) in [4.78, 5) is 14.7. The monoisotopic (exact) mass is 346 g/mol. The molecule has 0 aliphatic carbocycles. The third-order valence-electron chi connectivity index (χ3n) is 4.37. The predicted octanol–water partition coefficient (Wildman–Crippen LogP) is 2.52. The third kappa shape index (κ3) is 3.53. The average Bonchev–Trinajstić information content (AvgIpc) is 3.21. The molecule has 2 heterocycles. The summed E-state index contributed by atoms with van der Waals surface area (Å²) in [6.45, 7) is 2.58. The Morgan fingerprint density at radius 1 is 1.25 bits per heavy atom. The predicted molar refractivity (Wildman–Crippen MR) is 94.2 cm³/mol. The van der Waals surface area contributed by atoms with Gasteiger partial charge in [-0.2, -0.15) is 0 Å². The summed E-state index contributed by atoms with van der Waals surface area (Å²) in [5, 5.41) is 0. The Kier molecular flexibility index (Phi) is 4.76. The molecule has 5 nitrogen and oxygen atoms in total. The van der Waals surface area contributed by atoms with Crippen molar-refractivity contribution in [3.05, 3.63) is 54.4 Å². The Bertz CT molecular complexity index is 813. The van der Waals surface area contributed by atoms with Crippen LogP contribution in [0.1, 0.15) is 30.1 Å². The molecule has 0 radical (unpaired) electrons. The molecule has 2 aromatic rings. The van der Waals surface area contributed by atoms with Gasteiger partial charge in [-0.3, -0.25) is 4.79 Å². The zero-order chi connectivity index (χ0) is 17.2. The molecule has 1 saturated heterocycles. The van der Waals surface area contributed by atoms with Gasteiger partial charge in [0, 0.05) is 36.2 Å². The van der Waals surface area contributed by atoms with E-state index in [1.165, 1.54) is 0 Å². The minimum Gasteiger partial charge on any atom is -0.335 e. The normalized spacial score (nSPS) is 19.3. The van der Waals surface area contributed by atoms with E-state index in [2.05, 4.69) is 0 Å². The second-order valence-electron chi connectivity index (χ2n) is 6.20. The quantitative estimate of drug-likeness (QED) is 0.836. The number of hydrogen-bond acceptors (Lipinski definition) is 3. The summed E-state index contributed by atoms with van der Waals surface area (Å²) in [7, 11) is -3.02. The van der Waals surface area contributed by atoms with Crippen molar-refractivity contribution in [2.24, 2.45) is 0 Å². The van der Waals surface area contributed by atoms with Gasteiger partial charge in [0.05, 0.1) is 11.5 Å². The summed E-state index contributed by atoms with van der Waals surface area (Å²) in [5.41, 5.74) is 1.51. The van der Waals surface area contributed by atoms with Gasteiger partial charge in [0.25, 0.3) is 5.91 Å². The summed E-state index contributed by atoms with van der Waals surface area (Å²) in [6, 6.07) is 11.1. The smallest absolute Gasteiger partial charge is 0.254 e. The molecule has 1 atom stereocenters. The van der Waals surface area contributed by atoms with E-state index in [0.717, 1.165) is 12.1 Å². The topological polar surface area (TPSA) is 59.4 Å². The van der Waals surface area contributed by atoms with E-state index in [-0.39, 0.29) is 23.5 Å². The van der Waals surface area contributed by atoms with Crippen LogP contribution in [0.15, 0.2) is 48.8 Å². The van der Waals surface area contributed by atoms with Gasteiger partial charge in [-0.1, -0.05) is 13.0 Å². The van der Waals surface area contributed by atoms with Crippen molar-refractivity contribution in [3.63, 3.8) is 0 Å². The molecule has 3 rings (SSSR count). The van der Waals surface area contributed by atoms with Crippen LogP contribution in [-0.4, -0.2) is 47.9 Å². The largest absolute Gasteiger partial charge is 0.335 e. The molecule has 1 aromatic heterocycles. The number of benzene rings is 1. The van der Waals surface area contributed by atoms with Crippen LogP contribution in [0, 0.1) is 0 Å². The van der Waals surface area contributed by atoms with Crippen LogP contribution in [0.2, 0.25) is 0 Å². The molecule has 0 spiro atoms. The van der Waals surface area contributed by atoms with E-state index in [1.807, 2.05) is 54.2 Å². The lowest BCUT2D eigenvalue weighted by atomic mass is 10.1. The molecule has 128 valence electrons. The van der Waals surface area contributed by atoms with Crippen molar-refractivity contribution in [2.45, 2.75) is 25.8 Å². The van der Waals surface area contributed by atoms with Gasteiger partial charge in [0.1, 0.15) is 0 Å². The van der Waals surface area contributed by atoms with Crippen LogP contribution in [0.25, 0.3) is 5.69 Å². The molecule has 0 unspecified atom stereocenters. The van der Waals surface area contributed by atoms with E-state index >= 15 is 0 Å². The first kappa shape index (κ1) is 16.8. The maximum atomic E-state index is 13.0. The lowest BCUT2D eigenvalue weighted by molar-refractivity contribution is 0.0697. The number of sulfone groups is 1. The minimum atomic E-state index is -3.02. The number of amides is 1. The van der Waals surface area contributed by atoms with Gasteiger partial charge in [0.15, 0.2) is 9.84 Å². The van der Waals surface area contributed by atoms with Crippen molar-refractivity contribution < 1.29 is 13.2 Å². The van der Waals surface area contributed by atoms with Crippen LogP contribution < -0.4 is 0 Å². The van der Waals surface area contributed by atoms with E-state index in [4.69, 9.17) is 0 Å². The van der Waals surface area contributed by atoms with Gasteiger partial charge in [-0.05, 0) is 43.2 Å². The molecule has 0 saturated carbocycles. The Labute approximate surface area is 142 Å². The Morgan fingerprint density at radius 3 is 2.62 bits per heavy atom. The molecule has 1 aliphatic rings. The molecule has 6 heteroatoms. The Morgan fingerprint density at radius 2 is 2.00 bits per heavy atom. The first-order valence-corrected chi connectivity index (χ1v) is 10.1. The van der Waals surface area contributed by atoms with E-state index in [9.17, 15) is 13.2 Å². The van der Waals surface area contributed by atoms with Crippen LogP contribution in [0.4, 0.5) is 0 Å². The molecule has 24 heavy (non-hydrogen) atoms. The second kappa shape index (κ2) is 6.81. The number of carbonyl (C=O) groups excluding carboxylic acids is 1. The van der Waals surface area contributed by atoms with E-state index < -0.39 is 9.84 Å².